The van der Waals surface area contributed by atoms with Gasteiger partial charge in [-0.25, -0.2) is 23.7 Å². The van der Waals surface area contributed by atoms with Crippen LogP contribution in [0.1, 0.15) is 46.9 Å². The molecule has 1 fully saturated rings. The lowest BCUT2D eigenvalue weighted by Crippen LogP contribution is -2.51. The monoisotopic (exact) mass is 392 g/mol. The number of alkyl halides is 1. The Hall–Kier alpha value is -2.45. The van der Waals surface area contributed by atoms with Gasteiger partial charge in [0.1, 0.15) is 23.1 Å². The number of imidazole rings is 1. The van der Waals surface area contributed by atoms with Gasteiger partial charge in [0.2, 0.25) is 5.95 Å². The summed E-state index contributed by atoms with van der Waals surface area (Å²) in [6, 6.07) is -0.465. The van der Waals surface area contributed by atoms with Crippen molar-refractivity contribution >= 4 is 17.6 Å². The van der Waals surface area contributed by atoms with Crippen molar-refractivity contribution in [3.05, 3.63) is 18.2 Å². The second-order valence-corrected chi connectivity index (χ2v) is 8.67. The van der Waals surface area contributed by atoms with Crippen LogP contribution in [0.4, 0.5) is 15.1 Å². The van der Waals surface area contributed by atoms with E-state index in [2.05, 4.69) is 34.2 Å². The number of hydrogen-bond acceptors (Lipinski definition) is 6. The minimum atomic E-state index is -1.24. The Balaban J connectivity index is 1.65. The Bertz CT molecular complexity index is 831. The predicted molar refractivity (Wildman–Crippen MR) is 104 cm³/mol. The summed E-state index contributed by atoms with van der Waals surface area (Å²) in [7, 11) is 0. The fourth-order valence-electron chi connectivity index (χ4n) is 3.15. The zero-order valence-electron chi connectivity index (χ0n) is 17.1. The molecule has 0 saturated carbocycles. The number of nitrogens with zero attached hydrogens (tertiary/aromatic N) is 5. The van der Waals surface area contributed by atoms with E-state index in [0.29, 0.717) is 24.8 Å². The maximum atomic E-state index is 14.7. The first-order valence-corrected chi connectivity index (χ1v) is 9.70. The second-order valence-electron chi connectivity index (χ2n) is 8.67. The number of likely N-dealkylation sites (tertiary alicyclic amines) is 1. The van der Waals surface area contributed by atoms with Crippen LogP contribution in [0.25, 0.3) is 5.52 Å². The summed E-state index contributed by atoms with van der Waals surface area (Å²) in [6.07, 6.45) is 2.94. The molecule has 9 heteroatoms. The summed E-state index contributed by atoms with van der Waals surface area (Å²) in [5, 5.41) is 7.56. The molecule has 1 aliphatic heterocycles. The van der Waals surface area contributed by atoms with Gasteiger partial charge in [0.05, 0.1) is 25.0 Å². The van der Waals surface area contributed by atoms with Gasteiger partial charge in [-0.2, -0.15) is 0 Å². The minimum absolute atomic E-state index is 0.0154. The summed E-state index contributed by atoms with van der Waals surface area (Å²) in [4.78, 5) is 22.2. The van der Waals surface area contributed by atoms with E-state index in [1.165, 1.54) is 4.90 Å². The quantitative estimate of drug-likeness (QED) is 0.861. The van der Waals surface area contributed by atoms with Crippen molar-refractivity contribution in [2.24, 2.45) is 5.92 Å². The van der Waals surface area contributed by atoms with Gasteiger partial charge in [0, 0.05) is 13.0 Å². The molecule has 1 N–H and O–H groups in total. The van der Waals surface area contributed by atoms with E-state index in [1.54, 1.807) is 37.7 Å². The smallest absolute Gasteiger partial charge is 0.410 e. The van der Waals surface area contributed by atoms with E-state index in [-0.39, 0.29) is 6.54 Å². The fraction of sp³-hybridized carbons (Fsp3) is 0.684. The molecule has 154 valence electrons. The molecule has 8 nitrogen and oxygen atoms in total. The molecule has 0 unspecified atom stereocenters. The third kappa shape index (κ3) is 4.88. The Morgan fingerprint density at radius 1 is 1.36 bits per heavy atom. The van der Waals surface area contributed by atoms with Crippen LogP contribution < -0.4 is 5.32 Å². The number of anilines is 1. The molecule has 0 radical (unpaired) electrons. The van der Waals surface area contributed by atoms with E-state index in [0.717, 1.165) is 17.8 Å². The summed E-state index contributed by atoms with van der Waals surface area (Å²) in [5.41, 5.74) is 0.206. The highest BCUT2D eigenvalue weighted by Crippen LogP contribution is 2.20. The molecule has 28 heavy (non-hydrogen) atoms. The summed E-state index contributed by atoms with van der Waals surface area (Å²) >= 11 is 0. The van der Waals surface area contributed by atoms with Gasteiger partial charge in [-0.15, -0.1) is 5.10 Å². The van der Waals surface area contributed by atoms with Crippen LogP contribution >= 0.6 is 0 Å². The van der Waals surface area contributed by atoms with E-state index >= 15 is 0 Å². The number of fused-ring (bicyclic) bond motifs is 1. The van der Waals surface area contributed by atoms with Crippen LogP contribution in [0.2, 0.25) is 0 Å². The van der Waals surface area contributed by atoms with Gasteiger partial charge in [0.25, 0.3) is 0 Å². The molecule has 3 rings (SSSR count). The van der Waals surface area contributed by atoms with Gasteiger partial charge in [0.15, 0.2) is 0 Å². The molecule has 1 aliphatic rings. The van der Waals surface area contributed by atoms with Gasteiger partial charge in [-0.3, -0.25) is 0 Å². The number of hydrogen-bond donors (Lipinski definition) is 1. The molecular weight excluding hydrogens is 363 g/mol. The normalized spacial score (nSPS) is 20.6. The Morgan fingerprint density at radius 3 is 2.71 bits per heavy atom. The van der Waals surface area contributed by atoms with Crippen LogP contribution in [0.5, 0.6) is 0 Å². The van der Waals surface area contributed by atoms with E-state index in [4.69, 9.17) is 4.74 Å². The molecule has 2 aromatic rings. The summed E-state index contributed by atoms with van der Waals surface area (Å²) in [5.74, 6) is 1.66. The number of carbonyl (C=O) groups is 1. The van der Waals surface area contributed by atoms with E-state index in [1.807, 2.05) is 0 Å². The third-order valence-electron chi connectivity index (χ3n) is 4.45. The van der Waals surface area contributed by atoms with Crippen LogP contribution in [-0.2, 0) is 11.2 Å². The first-order chi connectivity index (χ1) is 13.1. The van der Waals surface area contributed by atoms with Crippen molar-refractivity contribution in [2.45, 2.75) is 65.3 Å². The number of rotatable bonds is 4. The minimum Gasteiger partial charge on any atom is -0.444 e. The first-order valence-electron chi connectivity index (χ1n) is 9.70. The van der Waals surface area contributed by atoms with Crippen molar-refractivity contribution in [1.29, 1.82) is 0 Å². The fourth-order valence-corrected chi connectivity index (χ4v) is 3.15. The van der Waals surface area contributed by atoms with Crippen LogP contribution in [-0.4, -0.2) is 61.5 Å². The second kappa shape index (κ2) is 7.89. The van der Waals surface area contributed by atoms with Gasteiger partial charge < -0.3 is 15.0 Å². The lowest BCUT2D eigenvalue weighted by atomic mass is 10.0. The molecule has 0 bridgehead atoms. The van der Waals surface area contributed by atoms with Crippen molar-refractivity contribution in [2.75, 3.05) is 18.4 Å². The van der Waals surface area contributed by atoms with Crippen molar-refractivity contribution in [3.8, 4) is 0 Å². The molecule has 1 saturated heterocycles. The lowest BCUT2D eigenvalue weighted by molar-refractivity contribution is 0.0125. The highest BCUT2D eigenvalue weighted by molar-refractivity contribution is 5.68. The van der Waals surface area contributed by atoms with E-state index < -0.39 is 23.9 Å². The highest BCUT2D eigenvalue weighted by atomic mass is 19.1. The molecule has 0 aromatic carbocycles. The van der Waals surface area contributed by atoms with Crippen LogP contribution in [0, 0.1) is 5.92 Å². The average Bonchev–Trinajstić information content (AvgIpc) is 2.97. The number of aromatic nitrogens is 4. The Kier molecular flexibility index (Phi) is 5.71. The molecular formula is C19H29FN6O2. The number of amides is 1. The lowest BCUT2D eigenvalue weighted by Gasteiger charge is -2.35. The largest absolute Gasteiger partial charge is 0.444 e. The molecule has 2 atom stereocenters. The molecule has 2 aromatic heterocycles. The maximum Gasteiger partial charge on any atom is 0.410 e. The van der Waals surface area contributed by atoms with E-state index in [9.17, 15) is 9.18 Å². The first kappa shape index (κ1) is 20.3. The van der Waals surface area contributed by atoms with Gasteiger partial charge >= 0.3 is 6.09 Å². The standard InChI is InChI=1S/C19H29FN6O2/c1-12(2)8-16-21-9-13-10-22-17(24-26(13)16)23-15-6-7-25(11-14(15)20)18(27)28-19(3,4)5/h9-10,12,14-15H,6-8,11H2,1-5H3,(H,23,24)/t14-,15-/m0/s1. The summed E-state index contributed by atoms with van der Waals surface area (Å²) < 4.78 is 21.8. The average molecular weight is 392 g/mol. The SMILES string of the molecule is CC(C)Cc1ncc2cnc(N[C@H]3CCN(C(=O)OC(C)(C)C)C[C@@H]3F)nn12. The molecule has 3 heterocycles. The van der Waals surface area contributed by atoms with Crippen LogP contribution in [0.3, 0.4) is 0 Å². The topological polar surface area (TPSA) is 84.7 Å². The van der Waals surface area contributed by atoms with Gasteiger partial charge in [-0.05, 0) is 33.1 Å². The number of nitrogens with one attached hydrogen (secondary N) is 1. The number of carbonyl (C=O) groups excluding carboxylic acids is 1. The Labute approximate surface area is 164 Å². The number of ether oxygens (including phenoxy) is 1. The molecule has 0 spiro atoms. The van der Waals surface area contributed by atoms with Crippen molar-refractivity contribution in [1.82, 2.24) is 24.5 Å². The van der Waals surface area contributed by atoms with Crippen molar-refractivity contribution in [3.63, 3.8) is 0 Å². The van der Waals surface area contributed by atoms with Crippen LogP contribution in [0.15, 0.2) is 12.4 Å². The molecule has 1 amide bonds. The number of halogens is 1. The zero-order chi connectivity index (χ0) is 20.5. The Morgan fingerprint density at radius 2 is 2.07 bits per heavy atom. The van der Waals surface area contributed by atoms with Gasteiger partial charge in [-0.1, -0.05) is 13.8 Å². The van der Waals surface area contributed by atoms with Crippen molar-refractivity contribution < 1.29 is 13.9 Å². The zero-order valence-corrected chi connectivity index (χ0v) is 17.1. The number of piperidine rings is 1. The highest BCUT2D eigenvalue weighted by Gasteiger charge is 2.34. The molecule has 0 aliphatic carbocycles. The summed E-state index contributed by atoms with van der Waals surface area (Å²) in [6.45, 7) is 10.0. The third-order valence-corrected chi connectivity index (χ3v) is 4.45. The maximum absolute atomic E-state index is 14.7. The predicted octanol–water partition coefficient (Wildman–Crippen LogP) is 3.08.